The number of methoxy groups -OCH3 is 1. The molecule has 128 valence electrons. The third-order valence-corrected chi connectivity index (χ3v) is 3.94. The van der Waals surface area contributed by atoms with Crippen LogP contribution < -0.4 is 14.8 Å². The Labute approximate surface area is 138 Å². The van der Waals surface area contributed by atoms with Crippen LogP contribution in [-0.2, 0) is 0 Å². The van der Waals surface area contributed by atoms with Crippen molar-refractivity contribution in [3.05, 3.63) is 42.6 Å². The summed E-state index contributed by atoms with van der Waals surface area (Å²) in [5.41, 5.74) is 0.105. The lowest BCUT2D eigenvalue weighted by Crippen LogP contribution is -2.43. The SMILES string of the molecule is COc1cccc(O[C@@H]2C[C@@H](NC(=O)c3cocn3)[C@H](O)[C@H]2O)c1. The van der Waals surface area contributed by atoms with Gasteiger partial charge in [-0.3, -0.25) is 4.79 Å². The number of aliphatic hydroxyl groups is 2. The van der Waals surface area contributed by atoms with Crippen LogP contribution in [-0.4, -0.2) is 52.6 Å². The van der Waals surface area contributed by atoms with E-state index in [0.717, 1.165) is 6.39 Å². The highest BCUT2D eigenvalue weighted by Crippen LogP contribution is 2.28. The Morgan fingerprint density at radius 1 is 1.33 bits per heavy atom. The van der Waals surface area contributed by atoms with Crippen LogP contribution in [0.1, 0.15) is 16.9 Å². The van der Waals surface area contributed by atoms with Crippen LogP contribution in [0.25, 0.3) is 0 Å². The molecule has 3 rings (SSSR count). The lowest BCUT2D eigenvalue weighted by Gasteiger charge is -2.18. The summed E-state index contributed by atoms with van der Waals surface area (Å²) >= 11 is 0. The third-order valence-electron chi connectivity index (χ3n) is 3.94. The largest absolute Gasteiger partial charge is 0.497 e. The molecule has 3 N–H and O–H groups in total. The van der Waals surface area contributed by atoms with Crippen molar-refractivity contribution in [1.82, 2.24) is 10.3 Å². The molecular weight excluding hydrogens is 316 g/mol. The van der Waals surface area contributed by atoms with Gasteiger partial charge in [-0.15, -0.1) is 0 Å². The molecule has 1 aliphatic carbocycles. The van der Waals surface area contributed by atoms with Gasteiger partial charge < -0.3 is 29.4 Å². The van der Waals surface area contributed by atoms with E-state index in [-0.39, 0.29) is 12.1 Å². The van der Waals surface area contributed by atoms with Gasteiger partial charge in [0, 0.05) is 12.5 Å². The van der Waals surface area contributed by atoms with Crippen LogP contribution in [0.4, 0.5) is 0 Å². The van der Waals surface area contributed by atoms with Crippen molar-refractivity contribution >= 4 is 5.91 Å². The molecule has 0 bridgehead atoms. The summed E-state index contributed by atoms with van der Waals surface area (Å²) in [5.74, 6) is 0.646. The quantitative estimate of drug-likeness (QED) is 0.723. The molecule has 0 spiro atoms. The van der Waals surface area contributed by atoms with Crippen LogP contribution in [0.5, 0.6) is 11.5 Å². The minimum Gasteiger partial charge on any atom is -0.497 e. The predicted octanol–water partition coefficient (Wildman–Crippen LogP) is 0.355. The first-order chi connectivity index (χ1) is 11.6. The standard InChI is InChI=1S/C16H18N2O6/c1-22-9-3-2-4-10(5-9)24-13-6-11(14(19)15(13)20)18-16(21)12-7-23-8-17-12/h2-5,7-8,11,13-15,19-20H,6H2,1H3,(H,18,21)/t11-,13-,14+,15+/m1/s1. The highest BCUT2D eigenvalue weighted by molar-refractivity contribution is 5.92. The number of carbonyl (C=O) groups is 1. The molecule has 0 saturated heterocycles. The molecule has 1 aliphatic rings. The number of carbonyl (C=O) groups excluding carboxylic acids is 1. The van der Waals surface area contributed by atoms with Gasteiger partial charge in [0.25, 0.3) is 5.91 Å². The lowest BCUT2D eigenvalue weighted by atomic mass is 10.2. The van der Waals surface area contributed by atoms with Gasteiger partial charge in [0.15, 0.2) is 12.1 Å². The molecule has 1 aromatic heterocycles. The number of hydrogen-bond acceptors (Lipinski definition) is 7. The average Bonchev–Trinajstić information content (AvgIpc) is 3.21. The predicted molar refractivity (Wildman–Crippen MR) is 81.8 cm³/mol. The van der Waals surface area contributed by atoms with Gasteiger partial charge >= 0.3 is 0 Å². The molecule has 8 heteroatoms. The van der Waals surface area contributed by atoms with Crippen molar-refractivity contribution < 1.29 is 28.9 Å². The second kappa shape index (κ2) is 6.90. The number of rotatable bonds is 5. The Hall–Kier alpha value is -2.58. The Morgan fingerprint density at radius 2 is 2.12 bits per heavy atom. The van der Waals surface area contributed by atoms with Crippen molar-refractivity contribution in [2.45, 2.75) is 30.8 Å². The highest BCUT2D eigenvalue weighted by atomic mass is 16.5. The number of oxazole rings is 1. The normalized spacial score (nSPS) is 26.1. The molecule has 8 nitrogen and oxygen atoms in total. The number of nitrogens with one attached hydrogen (secondary N) is 1. The van der Waals surface area contributed by atoms with Crippen LogP contribution in [0.15, 0.2) is 41.3 Å². The van der Waals surface area contributed by atoms with Crippen molar-refractivity contribution in [1.29, 1.82) is 0 Å². The molecule has 24 heavy (non-hydrogen) atoms. The number of aromatic nitrogens is 1. The fourth-order valence-corrected chi connectivity index (χ4v) is 2.67. The van der Waals surface area contributed by atoms with Gasteiger partial charge in [-0.25, -0.2) is 4.98 Å². The van der Waals surface area contributed by atoms with Gasteiger partial charge in [-0.05, 0) is 12.1 Å². The number of nitrogens with zero attached hydrogens (tertiary/aromatic N) is 1. The van der Waals surface area contributed by atoms with Gasteiger partial charge in [-0.1, -0.05) is 6.07 Å². The van der Waals surface area contributed by atoms with Gasteiger partial charge in [0.1, 0.15) is 36.1 Å². The molecule has 0 radical (unpaired) electrons. The Kier molecular flexibility index (Phi) is 4.68. The van der Waals surface area contributed by atoms with Crippen molar-refractivity contribution in [2.24, 2.45) is 0 Å². The van der Waals surface area contributed by atoms with E-state index in [2.05, 4.69) is 10.3 Å². The van der Waals surface area contributed by atoms with Crippen LogP contribution in [0.2, 0.25) is 0 Å². The molecule has 1 fully saturated rings. The number of ether oxygens (including phenoxy) is 2. The maximum atomic E-state index is 12.0. The van der Waals surface area contributed by atoms with E-state index in [0.29, 0.717) is 11.5 Å². The number of aliphatic hydroxyl groups excluding tert-OH is 2. The van der Waals surface area contributed by atoms with Crippen molar-refractivity contribution in [3.63, 3.8) is 0 Å². The van der Waals surface area contributed by atoms with E-state index < -0.39 is 30.3 Å². The molecule has 2 aromatic rings. The van der Waals surface area contributed by atoms with Gasteiger partial charge in [0.2, 0.25) is 0 Å². The first-order valence-corrected chi connectivity index (χ1v) is 7.44. The smallest absolute Gasteiger partial charge is 0.273 e. The van der Waals surface area contributed by atoms with E-state index in [1.165, 1.54) is 6.26 Å². The average molecular weight is 334 g/mol. The van der Waals surface area contributed by atoms with Gasteiger partial charge in [0.05, 0.1) is 13.2 Å². The summed E-state index contributed by atoms with van der Waals surface area (Å²) in [7, 11) is 1.54. The maximum Gasteiger partial charge on any atom is 0.273 e. The van der Waals surface area contributed by atoms with Crippen molar-refractivity contribution in [2.75, 3.05) is 7.11 Å². The highest BCUT2D eigenvalue weighted by Gasteiger charge is 2.44. The minimum absolute atomic E-state index is 0.105. The van der Waals surface area contributed by atoms with Gasteiger partial charge in [-0.2, -0.15) is 0 Å². The molecular formula is C16H18N2O6. The summed E-state index contributed by atoms with van der Waals surface area (Å²) in [6.07, 6.45) is -0.325. The molecule has 0 unspecified atom stereocenters. The molecule has 1 amide bonds. The van der Waals surface area contributed by atoms with E-state index in [1.54, 1.807) is 31.4 Å². The first-order valence-electron chi connectivity index (χ1n) is 7.44. The molecule has 0 aliphatic heterocycles. The summed E-state index contributed by atoms with van der Waals surface area (Å²) in [6.45, 7) is 0. The number of benzene rings is 1. The van der Waals surface area contributed by atoms with Crippen LogP contribution in [0, 0.1) is 0 Å². The second-order valence-electron chi connectivity index (χ2n) is 5.51. The van der Waals surface area contributed by atoms with E-state index in [9.17, 15) is 15.0 Å². The van der Waals surface area contributed by atoms with Crippen LogP contribution in [0.3, 0.4) is 0 Å². The fraction of sp³-hybridized carbons (Fsp3) is 0.375. The van der Waals surface area contributed by atoms with Crippen LogP contribution >= 0.6 is 0 Å². The summed E-state index contributed by atoms with van der Waals surface area (Å²) in [5, 5.41) is 22.9. The number of amides is 1. The number of hydrogen-bond donors (Lipinski definition) is 3. The van der Waals surface area contributed by atoms with E-state index in [1.807, 2.05) is 0 Å². The summed E-state index contributed by atoms with van der Waals surface area (Å²) in [4.78, 5) is 15.7. The Bertz CT molecular complexity index is 690. The summed E-state index contributed by atoms with van der Waals surface area (Å²) < 4.78 is 15.6. The Balaban J connectivity index is 1.65. The summed E-state index contributed by atoms with van der Waals surface area (Å²) in [6, 6.07) is 6.28. The molecule has 1 aromatic carbocycles. The zero-order chi connectivity index (χ0) is 17.1. The monoisotopic (exact) mass is 334 g/mol. The van der Waals surface area contributed by atoms with E-state index in [4.69, 9.17) is 13.9 Å². The zero-order valence-corrected chi connectivity index (χ0v) is 13.0. The minimum atomic E-state index is -1.14. The molecule has 1 saturated carbocycles. The second-order valence-corrected chi connectivity index (χ2v) is 5.51. The van der Waals surface area contributed by atoms with E-state index >= 15 is 0 Å². The fourth-order valence-electron chi connectivity index (χ4n) is 2.67. The Morgan fingerprint density at radius 3 is 2.83 bits per heavy atom. The lowest BCUT2D eigenvalue weighted by molar-refractivity contribution is -0.0135. The zero-order valence-electron chi connectivity index (χ0n) is 13.0. The maximum absolute atomic E-state index is 12.0. The molecule has 1 heterocycles. The van der Waals surface area contributed by atoms with Crippen molar-refractivity contribution in [3.8, 4) is 11.5 Å². The topological polar surface area (TPSA) is 114 Å². The first kappa shape index (κ1) is 16.3. The molecule has 4 atom stereocenters. The third kappa shape index (κ3) is 3.34.